The maximum absolute atomic E-state index is 13.9. The first-order chi connectivity index (χ1) is 32.1. The highest BCUT2D eigenvalue weighted by Crippen LogP contribution is 2.40. The molecule has 0 spiro atoms. The van der Waals surface area contributed by atoms with Gasteiger partial charge in [-0.25, -0.2) is 14.6 Å². The Bertz CT molecular complexity index is 2130. The second-order valence-corrected chi connectivity index (χ2v) is 20.4. The van der Waals surface area contributed by atoms with E-state index in [1.807, 2.05) is 50.9 Å². The minimum Gasteiger partial charge on any atom is -0.481 e. The van der Waals surface area contributed by atoms with Crippen LogP contribution in [-0.4, -0.2) is 159 Å². The second kappa shape index (κ2) is 23.8. The number of carboxylic acid groups (broad SMARTS) is 1. The number of nitrogens with zero attached hydrogens (tertiary/aromatic N) is 6. The van der Waals surface area contributed by atoms with E-state index in [0.717, 1.165) is 17.7 Å². The summed E-state index contributed by atoms with van der Waals surface area (Å²) in [6.45, 7) is 16.5. The summed E-state index contributed by atoms with van der Waals surface area (Å²) in [5.74, 6) is -4.82. The van der Waals surface area contributed by atoms with Crippen LogP contribution in [0.3, 0.4) is 0 Å². The molecule has 0 radical (unpaired) electrons. The quantitative estimate of drug-likeness (QED) is 0.0449. The van der Waals surface area contributed by atoms with E-state index >= 15 is 0 Å². The largest absolute Gasteiger partial charge is 0.481 e. The van der Waals surface area contributed by atoms with E-state index in [1.54, 1.807) is 48.1 Å². The molecule has 2 saturated heterocycles. The smallest absolute Gasteiger partial charge is 0.410 e. The van der Waals surface area contributed by atoms with Crippen LogP contribution in [0.25, 0.3) is 10.6 Å². The zero-order valence-corrected chi connectivity index (χ0v) is 42.3. The van der Waals surface area contributed by atoms with Crippen LogP contribution in [0.2, 0.25) is 0 Å². The number of ketones is 1. The van der Waals surface area contributed by atoms with E-state index < -0.39 is 71.4 Å². The summed E-state index contributed by atoms with van der Waals surface area (Å²) >= 11 is 1.35. The number of nitrogens with two attached hydrogens (primary N) is 1. The maximum Gasteiger partial charge on any atom is 0.410 e. The molecule has 19 nitrogen and oxygen atoms in total. The van der Waals surface area contributed by atoms with E-state index in [1.165, 1.54) is 25.4 Å². The summed E-state index contributed by atoms with van der Waals surface area (Å²) in [5.41, 5.74) is 4.89. The summed E-state index contributed by atoms with van der Waals surface area (Å²) in [4.78, 5) is 61.2. The number of Topliss-reactive ketones (excluding diaryl/α,β-unsaturated/α-hetero) is 1. The van der Waals surface area contributed by atoms with Crippen LogP contribution in [-0.2, 0) is 39.8 Å². The van der Waals surface area contributed by atoms with Crippen LogP contribution in [0.15, 0.2) is 42.7 Å². The van der Waals surface area contributed by atoms with Gasteiger partial charge in [-0.3, -0.25) is 19.2 Å². The van der Waals surface area contributed by atoms with Crippen molar-refractivity contribution in [1.82, 2.24) is 35.1 Å². The Morgan fingerprint density at radius 3 is 2.43 bits per heavy atom. The molecule has 0 saturated carbocycles. The molecule has 3 unspecified atom stereocenters. The van der Waals surface area contributed by atoms with E-state index in [9.17, 15) is 29.4 Å². The number of carbonyl (C=O) groups excluding carboxylic acids is 3. The first kappa shape index (κ1) is 54.4. The molecule has 378 valence electrons. The molecule has 2 fully saturated rings. The van der Waals surface area contributed by atoms with Crippen LogP contribution in [0, 0.1) is 23.7 Å². The Kier molecular flexibility index (Phi) is 19.1. The molecule has 13 atom stereocenters. The van der Waals surface area contributed by atoms with Gasteiger partial charge in [0.25, 0.3) is 0 Å². The molecule has 2 aliphatic heterocycles. The number of nitrogen functional groups attached to an aromatic ring is 1. The average Bonchev–Trinajstić information content (AvgIpc) is 4.04. The van der Waals surface area contributed by atoms with Gasteiger partial charge in [0.2, 0.25) is 0 Å². The van der Waals surface area contributed by atoms with Crippen molar-refractivity contribution < 1.29 is 53.1 Å². The zero-order chi connectivity index (χ0) is 50.1. The number of thiazole rings is 1. The number of aliphatic carboxylic acids is 1. The Labute approximate surface area is 404 Å². The number of amides is 1. The van der Waals surface area contributed by atoms with Gasteiger partial charge in [0.1, 0.15) is 29.9 Å². The number of hydrogen-bond donors (Lipinski definition) is 4. The lowest BCUT2D eigenvalue weighted by atomic mass is 9.78. The summed E-state index contributed by atoms with van der Waals surface area (Å²) < 4.78 is 32.9. The number of carboxylic acids is 1. The summed E-state index contributed by atoms with van der Waals surface area (Å²) in [7, 11) is 5.14. The molecular formula is C48H74N8O11S. The van der Waals surface area contributed by atoms with Crippen molar-refractivity contribution in [2.24, 2.45) is 23.7 Å². The number of nitrogens with one attached hydrogen (secondary N) is 1. The van der Waals surface area contributed by atoms with E-state index in [0.29, 0.717) is 55.3 Å². The van der Waals surface area contributed by atoms with Gasteiger partial charge in [0.05, 0.1) is 40.5 Å². The lowest BCUT2D eigenvalue weighted by molar-refractivity contribution is -0.300. The fraction of sp³-hybridized carbons (Fsp3) is 0.688. The lowest BCUT2D eigenvalue weighted by Crippen LogP contribution is -2.60. The van der Waals surface area contributed by atoms with Gasteiger partial charge in [-0.2, -0.15) is 0 Å². The number of benzene rings is 1. The first-order valence-electron chi connectivity index (χ1n) is 23.7. The monoisotopic (exact) mass is 971 g/mol. The minimum atomic E-state index is -1.35. The van der Waals surface area contributed by atoms with Gasteiger partial charge in [-0.1, -0.05) is 62.4 Å². The molecule has 0 bridgehead atoms. The number of cyclic esters (lactones) is 1. The van der Waals surface area contributed by atoms with Crippen molar-refractivity contribution in [3.8, 4) is 10.6 Å². The molecule has 68 heavy (non-hydrogen) atoms. The Balaban J connectivity index is 1.30. The number of unbranched alkanes of at least 4 members (excludes halogenated alkanes) is 1. The lowest BCUT2D eigenvalue weighted by Gasteiger charge is -2.47. The number of methoxy groups -OCH3 is 1. The number of aryl methyl sites for hydroxylation is 1. The number of aliphatic hydroxyl groups excluding tert-OH is 1. The highest BCUT2D eigenvalue weighted by molar-refractivity contribution is 7.18. The van der Waals surface area contributed by atoms with Crippen molar-refractivity contribution in [2.75, 3.05) is 46.6 Å². The Hall–Kier alpha value is -4.57. The van der Waals surface area contributed by atoms with E-state index in [4.69, 9.17) is 29.4 Å². The second-order valence-electron chi connectivity index (χ2n) is 19.3. The van der Waals surface area contributed by atoms with Gasteiger partial charge in [0, 0.05) is 44.4 Å². The SMILES string of the molecule is CC[C@@H](C)[C@@]1(C)OC(=O)N(CCCCn2cc(-c3cnc(N)s3)nn2)[C@@H]1[C@@H](C)NC[C@H](C)C[C@@](C)(OC)[C@H](O[C@@H]1OC(COC(=O)c2ccccc2)CC(N(C)C)C1O)[C@@H](C)C(=O)[C@@H](C)C(=O)O. The van der Waals surface area contributed by atoms with Crippen molar-refractivity contribution in [2.45, 2.75) is 148 Å². The first-order valence-corrected chi connectivity index (χ1v) is 24.5. The number of carbonyl (C=O) groups is 4. The van der Waals surface area contributed by atoms with Crippen molar-refractivity contribution >= 4 is 40.3 Å². The van der Waals surface area contributed by atoms with Crippen molar-refractivity contribution in [1.29, 1.82) is 0 Å². The number of ether oxygens (including phenoxy) is 5. The number of esters is 1. The molecule has 20 heteroatoms. The predicted octanol–water partition coefficient (Wildman–Crippen LogP) is 5.37. The minimum absolute atomic E-state index is 0.0549. The summed E-state index contributed by atoms with van der Waals surface area (Å²) in [5, 5.41) is 34.3. The van der Waals surface area contributed by atoms with Gasteiger partial charge in [-0.15, -0.1) is 5.10 Å². The number of hydrogen-bond acceptors (Lipinski definition) is 17. The number of anilines is 1. The number of aliphatic hydroxyl groups is 1. The number of rotatable bonds is 26. The normalized spacial score (nSPS) is 25.5. The zero-order valence-electron chi connectivity index (χ0n) is 41.5. The molecule has 4 heterocycles. The topological polar surface area (TPSA) is 243 Å². The van der Waals surface area contributed by atoms with Gasteiger partial charge in [-0.05, 0) is 104 Å². The maximum atomic E-state index is 13.9. The summed E-state index contributed by atoms with van der Waals surface area (Å²) in [6, 6.07) is 7.57. The molecule has 2 aliphatic rings. The predicted molar refractivity (Wildman–Crippen MR) is 256 cm³/mol. The van der Waals surface area contributed by atoms with Gasteiger partial charge < -0.3 is 49.8 Å². The van der Waals surface area contributed by atoms with Gasteiger partial charge in [0.15, 0.2) is 17.2 Å². The van der Waals surface area contributed by atoms with Crippen molar-refractivity contribution in [3.63, 3.8) is 0 Å². The third kappa shape index (κ3) is 13.0. The molecule has 5 N–H and O–H groups in total. The van der Waals surface area contributed by atoms with Crippen LogP contribution in [0.5, 0.6) is 0 Å². The summed E-state index contributed by atoms with van der Waals surface area (Å²) in [6.07, 6.45) is 1.80. The van der Waals surface area contributed by atoms with Gasteiger partial charge >= 0.3 is 18.0 Å². The third-order valence-corrected chi connectivity index (χ3v) is 14.9. The Morgan fingerprint density at radius 1 is 1.12 bits per heavy atom. The number of likely N-dealkylation sites (N-methyl/N-ethyl adjacent to an activating group) is 1. The fourth-order valence-electron chi connectivity index (χ4n) is 9.66. The average molecular weight is 971 g/mol. The van der Waals surface area contributed by atoms with Crippen LogP contribution in [0.4, 0.5) is 9.93 Å². The number of aromatic nitrogens is 4. The van der Waals surface area contributed by atoms with Crippen molar-refractivity contribution in [3.05, 3.63) is 48.3 Å². The van der Waals surface area contributed by atoms with Crippen LogP contribution < -0.4 is 11.1 Å². The Morgan fingerprint density at radius 2 is 1.81 bits per heavy atom. The molecule has 5 rings (SSSR count). The molecule has 1 amide bonds. The van der Waals surface area contributed by atoms with E-state index in [-0.39, 0.29) is 36.6 Å². The van der Waals surface area contributed by atoms with Crippen LogP contribution in [0.1, 0.15) is 97.9 Å². The highest BCUT2D eigenvalue weighted by atomic mass is 32.1. The molecule has 1 aromatic carbocycles. The van der Waals surface area contributed by atoms with E-state index in [2.05, 4.69) is 41.4 Å². The molecule has 3 aromatic rings. The molecule has 2 aromatic heterocycles. The fourth-order valence-corrected chi connectivity index (χ4v) is 10.3. The molecule has 0 aliphatic carbocycles. The van der Waals surface area contributed by atoms with Crippen LogP contribution >= 0.6 is 11.3 Å². The third-order valence-electron chi connectivity index (χ3n) is 14.0. The molecular weight excluding hydrogens is 897 g/mol. The highest BCUT2D eigenvalue weighted by Gasteiger charge is 2.55. The standard InChI is InChI=1S/C48H74N8O11S/c1-12-29(3)48(8)40(56(46(62)67-48)21-17-16-20-55-26-35(52-53-55)37-25-51-45(49)68-37)32(6)50-24-28(2)23-47(7,63-11)41(30(4)38(57)31(5)42(59)60)66-44-39(58)36(54(9)10)22-34(65-44)27-64-43(61)33-18-14-13-15-19-33/h13-15,18-19,25-26,28-32,34,36,39-41,44,50,58H,12,16-17,20-24,27H2,1-11H3,(H2,49,51)(H,59,60)/t28-,29-,30+,31-,32-,34?,36?,39?,40-,41-,44+,47-,48-/m1/s1.